The minimum absolute atomic E-state index is 0.283. The fraction of sp³-hybridized carbons (Fsp3) is 0.364. The van der Waals surface area contributed by atoms with Crippen LogP contribution in [0.25, 0.3) is 0 Å². The summed E-state index contributed by atoms with van der Waals surface area (Å²) in [6.07, 6.45) is -0.541. The van der Waals surface area contributed by atoms with Gasteiger partial charge in [0.25, 0.3) is 0 Å². The van der Waals surface area contributed by atoms with Crippen LogP contribution in [-0.4, -0.2) is 22.3 Å². The molecular formula is C11H10BrFO3. The highest BCUT2D eigenvalue weighted by molar-refractivity contribution is 9.10. The van der Waals surface area contributed by atoms with Crippen LogP contribution in [0.2, 0.25) is 0 Å². The fourth-order valence-corrected chi connectivity index (χ4v) is 2.29. The maximum absolute atomic E-state index is 13.7. The number of aliphatic carboxylic acids is 1. The van der Waals surface area contributed by atoms with E-state index in [1.807, 2.05) is 0 Å². The lowest BCUT2D eigenvalue weighted by atomic mass is 9.89. The molecule has 1 aromatic carbocycles. The molecule has 0 heterocycles. The van der Waals surface area contributed by atoms with Gasteiger partial charge in [-0.05, 0) is 30.5 Å². The Morgan fingerprint density at radius 3 is 2.56 bits per heavy atom. The number of carboxylic acids is 1. The number of aliphatic hydroxyl groups excluding tert-OH is 1. The molecule has 5 heteroatoms. The highest BCUT2D eigenvalue weighted by atomic mass is 79.9. The van der Waals surface area contributed by atoms with Crippen LogP contribution >= 0.6 is 15.9 Å². The summed E-state index contributed by atoms with van der Waals surface area (Å²) < 4.78 is 14.3. The van der Waals surface area contributed by atoms with E-state index in [2.05, 4.69) is 15.9 Å². The van der Waals surface area contributed by atoms with E-state index in [-0.39, 0.29) is 5.56 Å². The van der Waals surface area contributed by atoms with Crippen molar-refractivity contribution in [3.8, 4) is 0 Å². The summed E-state index contributed by atoms with van der Waals surface area (Å²) in [6, 6.07) is 4.45. The first-order chi connectivity index (χ1) is 7.47. The zero-order valence-electron chi connectivity index (χ0n) is 8.28. The van der Waals surface area contributed by atoms with E-state index in [0.717, 1.165) is 0 Å². The molecule has 0 spiro atoms. The fourth-order valence-electron chi connectivity index (χ4n) is 1.95. The van der Waals surface area contributed by atoms with Crippen molar-refractivity contribution in [3.63, 3.8) is 0 Å². The van der Waals surface area contributed by atoms with Crippen molar-refractivity contribution in [1.82, 2.24) is 0 Å². The van der Waals surface area contributed by atoms with Crippen LogP contribution in [0.3, 0.4) is 0 Å². The van der Waals surface area contributed by atoms with Crippen LogP contribution in [0.1, 0.15) is 18.4 Å². The molecule has 1 aliphatic rings. The van der Waals surface area contributed by atoms with Gasteiger partial charge in [-0.2, -0.15) is 0 Å². The van der Waals surface area contributed by atoms with Gasteiger partial charge in [-0.15, -0.1) is 0 Å². The van der Waals surface area contributed by atoms with Crippen LogP contribution in [-0.2, 0) is 10.2 Å². The zero-order chi connectivity index (χ0) is 11.9. The summed E-state index contributed by atoms with van der Waals surface area (Å²) in [5, 5.41) is 18.4. The van der Waals surface area contributed by atoms with Gasteiger partial charge in [-0.3, -0.25) is 0 Å². The molecule has 0 aromatic heterocycles. The van der Waals surface area contributed by atoms with E-state index in [1.54, 1.807) is 6.07 Å². The smallest absolute Gasteiger partial charge is 0.333 e. The predicted molar refractivity (Wildman–Crippen MR) is 58.7 cm³/mol. The zero-order valence-corrected chi connectivity index (χ0v) is 9.87. The molecule has 0 aliphatic heterocycles. The Hall–Kier alpha value is -0.940. The summed E-state index contributed by atoms with van der Waals surface area (Å²) >= 11 is 3.13. The molecule has 1 aromatic rings. The second-order valence-corrected chi connectivity index (χ2v) is 4.94. The number of halogens is 2. The first-order valence-electron chi connectivity index (χ1n) is 4.84. The number of benzene rings is 1. The average Bonchev–Trinajstić information content (AvgIpc) is 2.97. The minimum Gasteiger partial charge on any atom is -0.479 e. The SMILES string of the molecule is O=C(O)C(O)C1(c2ccc(Br)cc2F)CC1. The topological polar surface area (TPSA) is 57.5 Å². The Bertz CT molecular complexity index is 443. The van der Waals surface area contributed by atoms with Crippen LogP contribution in [0.5, 0.6) is 0 Å². The Morgan fingerprint density at radius 1 is 1.50 bits per heavy atom. The first kappa shape index (κ1) is 11.5. The summed E-state index contributed by atoms with van der Waals surface area (Å²) in [7, 11) is 0. The molecule has 1 aliphatic carbocycles. The van der Waals surface area contributed by atoms with Crippen molar-refractivity contribution in [2.24, 2.45) is 0 Å². The second-order valence-electron chi connectivity index (χ2n) is 4.02. The Kier molecular flexibility index (Phi) is 2.75. The molecule has 2 N–H and O–H groups in total. The van der Waals surface area contributed by atoms with Crippen molar-refractivity contribution in [1.29, 1.82) is 0 Å². The summed E-state index contributed by atoms with van der Waals surface area (Å²) in [5.41, 5.74) is -0.651. The van der Waals surface area contributed by atoms with Crippen molar-refractivity contribution < 1.29 is 19.4 Å². The monoisotopic (exact) mass is 288 g/mol. The van der Waals surface area contributed by atoms with Gasteiger partial charge < -0.3 is 10.2 Å². The van der Waals surface area contributed by atoms with Crippen LogP contribution in [0.15, 0.2) is 22.7 Å². The van der Waals surface area contributed by atoms with Crippen LogP contribution < -0.4 is 0 Å². The molecule has 1 atom stereocenters. The molecule has 1 fully saturated rings. The molecule has 0 bridgehead atoms. The predicted octanol–water partition coefficient (Wildman–Crippen LogP) is 2.07. The molecule has 3 nitrogen and oxygen atoms in total. The first-order valence-corrected chi connectivity index (χ1v) is 5.63. The molecule has 0 saturated heterocycles. The third kappa shape index (κ3) is 1.74. The molecule has 0 amide bonds. The largest absolute Gasteiger partial charge is 0.479 e. The van der Waals surface area contributed by atoms with E-state index in [4.69, 9.17) is 5.11 Å². The highest BCUT2D eigenvalue weighted by Gasteiger charge is 2.54. The lowest BCUT2D eigenvalue weighted by Gasteiger charge is -2.19. The average molecular weight is 289 g/mol. The summed E-state index contributed by atoms with van der Waals surface area (Å²) in [6.45, 7) is 0. The van der Waals surface area contributed by atoms with Crippen molar-refractivity contribution in [3.05, 3.63) is 34.1 Å². The van der Waals surface area contributed by atoms with Gasteiger partial charge in [-0.25, -0.2) is 9.18 Å². The number of carbonyl (C=O) groups is 1. The normalized spacial score (nSPS) is 19.2. The third-order valence-corrected chi connectivity index (χ3v) is 3.51. The molecule has 0 radical (unpaired) electrons. The van der Waals surface area contributed by atoms with Gasteiger partial charge in [0, 0.05) is 9.89 Å². The molecule has 1 unspecified atom stereocenters. The van der Waals surface area contributed by atoms with Crippen LogP contribution in [0, 0.1) is 5.82 Å². The summed E-state index contributed by atoms with van der Waals surface area (Å²) in [4.78, 5) is 10.8. The number of aliphatic hydroxyl groups is 1. The van der Waals surface area contributed by atoms with E-state index in [1.165, 1.54) is 12.1 Å². The Balaban J connectivity index is 2.40. The number of hydrogen-bond acceptors (Lipinski definition) is 2. The maximum atomic E-state index is 13.7. The van der Waals surface area contributed by atoms with Gasteiger partial charge in [0.05, 0.1) is 0 Å². The van der Waals surface area contributed by atoms with Gasteiger partial charge in [0.15, 0.2) is 6.10 Å². The van der Waals surface area contributed by atoms with Gasteiger partial charge in [-0.1, -0.05) is 22.0 Å². The third-order valence-electron chi connectivity index (χ3n) is 3.01. The van der Waals surface area contributed by atoms with Crippen molar-refractivity contribution in [2.45, 2.75) is 24.4 Å². The minimum atomic E-state index is -1.54. The lowest BCUT2D eigenvalue weighted by molar-refractivity contribution is -0.148. The van der Waals surface area contributed by atoms with E-state index in [0.29, 0.717) is 17.3 Å². The van der Waals surface area contributed by atoms with E-state index in [9.17, 15) is 14.3 Å². The quantitative estimate of drug-likeness (QED) is 0.895. The standard InChI is InChI=1S/C11H10BrFO3/c12-6-1-2-7(8(13)5-6)11(3-4-11)9(14)10(15)16/h1-2,5,9,14H,3-4H2,(H,15,16). The van der Waals surface area contributed by atoms with Crippen molar-refractivity contribution in [2.75, 3.05) is 0 Å². The van der Waals surface area contributed by atoms with Crippen LogP contribution in [0.4, 0.5) is 4.39 Å². The van der Waals surface area contributed by atoms with Gasteiger partial charge in [0.2, 0.25) is 0 Å². The molecule has 2 rings (SSSR count). The number of rotatable bonds is 3. The number of carboxylic acid groups (broad SMARTS) is 1. The second kappa shape index (κ2) is 3.82. The van der Waals surface area contributed by atoms with Gasteiger partial charge >= 0.3 is 5.97 Å². The Labute approximate surface area is 100 Å². The number of hydrogen-bond donors (Lipinski definition) is 2. The van der Waals surface area contributed by atoms with Crippen molar-refractivity contribution >= 4 is 21.9 Å². The molecular weight excluding hydrogens is 279 g/mol. The molecule has 1 saturated carbocycles. The van der Waals surface area contributed by atoms with Gasteiger partial charge in [0.1, 0.15) is 5.82 Å². The molecule has 86 valence electrons. The highest BCUT2D eigenvalue weighted by Crippen LogP contribution is 2.52. The Morgan fingerprint density at radius 2 is 2.12 bits per heavy atom. The summed E-state index contributed by atoms with van der Waals surface area (Å²) in [5.74, 6) is -1.79. The molecule has 16 heavy (non-hydrogen) atoms. The lowest BCUT2D eigenvalue weighted by Crippen LogP contribution is -2.34. The van der Waals surface area contributed by atoms with E-state index < -0.39 is 23.3 Å². The van der Waals surface area contributed by atoms with E-state index >= 15 is 0 Å². The maximum Gasteiger partial charge on any atom is 0.333 e.